The monoisotopic (exact) mass is 479 g/mol. The van der Waals surface area contributed by atoms with Crippen molar-refractivity contribution in [1.82, 2.24) is 15.2 Å². The predicted molar refractivity (Wildman–Crippen MR) is 135 cm³/mol. The van der Waals surface area contributed by atoms with E-state index in [0.717, 1.165) is 46.4 Å². The van der Waals surface area contributed by atoms with Crippen molar-refractivity contribution in [2.45, 2.75) is 26.2 Å². The van der Waals surface area contributed by atoms with Gasteiger partial charge in [0.1, 0.15) is 5.75 Å². The molecule has 1 aliphatic heterocycles. The highest BCUT2D eigenvalue weighted by Crippen LogP contribution is 2.21. The van der Waals surface area contributed by atoms with Gasteiger partial charge in [-0.15, -0.1) is 12.4 Å². The molecule has 2 aromatic carbocycles. The Kier molecular flexibility index (Phi) is 9.05. The normalized spacial score (nSPS) is 12.2. The lowest BCUT2D eigenvalue weighted by Crippen LogP contribution is -2.35. The van der Waals surface area contributed by atoms with E-state index in [-0.39, 0.29) is 24.2 Å². The number of aryl methyl sites for hydroxylation is 1. The highest BCUT2D eigenvalue weighted by atomic mass is 35.5. The highest BCUT2D eigenvalue weighted by Gasteiger charge is 2.18. The van der Waals surface area contributed by atoms with Gasteiger partial charge < -0.3 is 15.0 Å². The standard InChI is InChI=1S/C27H29N3O3.ClH/c1-20-6-2-3-8-24(20)27(32)30(16-12-21-7-4-13-28-19-21)15-5-17-33-23-9-10-25-22(18-23)11-14-29-26(25)31;/h2-4,6-10,13,18-19H,5,11-12,14-17H2,1H3,(H,29,31);1H. The van der Waals surface area contributed by atoms with E-state index in [0.29, 0.717) is 32.7 Å². The molecule has 2 amide bonds. The third-order valence-electron chi connectivity index (χ3n) is 5.90. The number of amides is 2. The van der Waals surface area contributed by atoms with Gasteiger partial charge >= 0.3 is 0 Å². The van der Waals surface area contributed by atoms with E-state index in [1.165, 1.54) is 0 Å². The second kappa shape index (κ2) is 12.2. The van der Waals surface area contributed by atoms with Gasteiger partial charge in [-0.2, -0.15) is 0 Å². The van der Waals surface area contributed by atoms with Crippen LogP contribution in [0, 0.1) is 6.92 Å². The minimum atomic E-state index is -0.0261. The summed E-state index contributed by atoms with van der Waals surface area (Å²) < 4.78 is 5.95. The highest BCUT2D eigenvalue weighted by molar-refractivity contribution is 5.97. The molecule has 178 valence electrons. The second-order valence-electron chi connectivity index (χ2n) is 8.25. The zero-order valence-corrected chi connectivity index (χ0v) is 20.1. The molecular formula is C27H30ClN3O3. The minimum Gasteiger partial charge on any atom is -0.494 e. The number of nitrogens with zero attached hydrogens (tertiary/aromatic N) is 2. The zero-order valence-electron chi connectivity index (χ0n) is 19.3. The van der Waals surface area contributed by atoms with Crippen LogP contribution in [0.25, 0.3) is 0 Å². The van der Waals surface area contributed by atoms with E-state index >= 15 is 0 Å². The second-order valence-corrected chi connectivity index (χ2v) is 8.25. The van der Waals surface area contributed by atoms with Crippen molar-refractivity contribution in [3.05, 3.63) is 94.8 Å². The third kappa shape index (κ3) is 6.35. The Balaban J connectivity index is 0.00000324. The first-order chi connectivity index (χ1) is 16.1. The molecule has 4 rings (SSSR count). The topological polar surface area (TPSA) is 71.5 Å². The molecule has 6 nitrogen and oxygen atoms in total. The summed E-state index contributed by atoms with van der Waals surface area (Å²) in [5.74, 6) is 0.772. The van der Waals surface area contributed by atoms with Gasteiger partial charge in [0, 0.05) is 43.2 Å². The predicted octanol–water partition coefficient (Wildman–Crippen LogP) is 4.25. The molecule has 1 N–H and O–H groups in total. The number of carbonyl (C=O) groups excluding carboxylic acids is 2. The molecule has 0 atom stereocenters. The lowest BCUT2D eigenvalue weighted by atomic mass is 10.0. The van der Waals surface area contributed by atoms with Crippen LogP contribution in [0.15, 0.2) is 67.0 Å². The summed E-state index contributed by atoms with van der Waals surface area (Å²) in [7, 11) is 0. The number of rotatable bonds is 9. The fourth-order valence-electron chi connectivity index (χ4n) is 4.05. The molecule has 1 aliphatic rings. The van der Waals surface area contributed by atoms with E-state index in [1.54, 1.807) is 6.20 Å². The molecule has 7 heteroatoms. The van der Waals surface area contributed by atoms with Gasteiger partial charge in [0.25, 0.3) is 11.8 Å². The molecule has 0 unspecified atom stereocenters. The van der Waals surface area contributed by atoms with Crippen LogP contribution in [-0.2, 0) is 12.8 Å². The summed E-state index contributed by atoms with van der Waals surface area (Å²) in [6, 6.07) is 17.2. The summed E-state index contributed by atoms with van der Waals surface area (Å²) in [5.41, 5.74) is 4.55. The van der Waals surface area contributed by atoms with Crippen molar-refractivity contribution in [3.63, 3.8) is 0 Å². The van der Waals surface area contributed by atoms with E-state index in [9.17, 15) is 9.59 Å². The molecule has 0 saturated carbocycles. The van der Waals surface area contributed by atoms with Crippen LogP contribution in [0.5, 0.6) is 5.75 Å². The number of hydrogen-bond donors (Lipinski definition) is 1. The van der Waals surface area contributed by atoms with E-state index in [2.05, 4.69) is 10.3 Å². The van der Waals surface area contributed by atoms with Crippen molar-refractivity contribution >= 4 is 24.2 Å². The summed E-state index contributed by atoms with van der Waals surface area (Å²) in [5, 5.41) is 2.85. The molecule has 0 aliphatic carbocycles. The Morgan fingerprint density at radius 3 is 2.76 bits per heavy atom. The van der Waals surface area contributed by atoms with Gasteiger partial charge in [0.05, 0.1) is 6.61 Å². The number of nitrogens with one attached hydrogen (secondary N) is 1. The minimum absolute atomic E-state index is 0. The maximum atomic E-state index is 13.3. The van der Waals surface area contributed by atoms with Gasteiger partial charge in [0.15, 0.2) is 0 Å². The van der Waals surface area contributed by atoms with Crippen LogP contribution in [-0.4, -0.2) is 47.9 Å². The van der Waals surface area contributed by atoms with Crippen LogP contribution < -0.4 is 10.1 Å². The number of aromatic nitrogens is 1. The number of fused-ring (bicyclic) bond motifs is 1. The Morgan fingerprint density at radius 1 is 1.12 bits per heavy atom. The fraction of sp³-hybridized carbons (Fsp3) is 0.296. The van der Waals surface area contributed by atoms with Gasteiger partial charge in [0.2, 0.25) is 0 Å². The Morgan fingerprint density at radius 2 is 1.97 bits per heavy atom. The zero-order chi connectivity index (χ0) is 23.0. The summed E-state index contributed by atoms with van der Waals surface area (Å²) in [4.78, 5) is 31.3. The van der Waals surface area contributed by atoms with E-state index in [1.807, 2.05) is 72.6 Å². The Labute approximate surface area is 206 Å². The summed E-state index contributed by atoms with van der Waals surface area (Å²) >= 11 is 0. The van der Waals surface area contributed by atoms with Crippen molar-refractivity contribution in [2.75, 3.05) is 26.2 Å². The molecule has 2 heterocycles. The molecule has 0 radical (unpaired) electrons. The molecular weight excluding hydrogens is 450 g/mol. The van der Waals surface area contributed by atoms with Crippen LogP contribution in [0.3, 0.4) is 0 Å². The molecule has 34 heavy (non-hydrogen) atoms. The number of hydrogen-bond acceptors (Lipinski definition) is 4. The quantitative estimate of drug-likeness (QED) is 0.466. The largest absolute Gasteiger partial charge is 0.494 e. The molecule has 0 spiro atoms. The maximum Gasteiger partial charge on any atom is 0.254 e. The average Bonchev–Trinajstić information content (AvgIpc) is 2.84. The van der Waals surface area contributed by atoms with Crippen LogP contribution in [0.2, 0.25) is 0 Å². The molecule has 3 aromatic rings. The first-order valence-electron chi connectivity index (χ1n) is 11.4. The summed E-state index contributed by atoms with van der Waals surface area (Å²) in [6.45, 7) is 4.33. The number of benzene rings is 2. The van der Waals surface area contributed by atoms with Crippen molar-refractivity contribution in [3.8, 4) is 5.75 Å². The van der Waals surface area contributed by atoms with Gasteiger partial charge in [-0.05, 0) is 73.2 Å². The van der Waals surface area contributed by atoms with E-state index < -0.39 is 0 Å². The van der Waals surface area contributed by atoms with Crippen LogP contribution >= 0.6 is 12.4 Å². The Hall–Kier alpha value is -3.38. The number of carbonyl (C=O) groups is 2. The van der Waals surface area contributed by atoms with Gasteiger partial charge in [-0.25, -0.2) is 0 Å². The smallest absolute Gasteiger partial charge is 0.254 e. The average molecular weight is 480 g/mol. The summed E-state index contributed by atoms with van der Waals surface area (Å²) in [6.07, 6.45) is 5.87. The van der Waals surface area contributed by atoms with Gasteiger partial charge in [-0.1, -0.05) is 24.3 Å². The SMILES string of the molecule is Cc1ccccc1C(=O)N(CCCOc1ccc2c(c1)CCNC2=O)CCc1cccnc1.Cl. The molecule has 0 saturated heterocycles. The van der Waals surface area contributed by atoms with E-state index in [4.69, 9.17) is 4.74 Å². The van der Waals surface area contributed by atoms with Crippen molar-refractivity contribution in [2.24, 2.45) is 0 Å². The van der Waals surface area contributed by atoms with Crippen LogP contribution in [0.4, 0.5) is 0 Å². The number of halogens is 1. The maximum absolute atomic E-state index is 13.3. The Bertz CT molecular complexity index is 1120. The van der Waals surface area contributed by atoms with Gasteiger partial charge in [-0.3, -0.25) is 14.6 Å². The molecule has 0 fully saturated rings. The van der Waals surface area contributed by atoms with Crippen LogP contribution in [0.1, 0.15) is 43.8 Å². The number of pyridine rings is 1. The lowest BCUT2D eigenvalue weighted by molar-refractivity contribution is 0.0747. The fourth-order valence-corrected chi connectivity index (χ4v) is 4.05. The molecule has 1 aromatic heterocycles. The van der Waals surface area contributed by atoms with Crippen molar-refractivity contribution in [1.29, 1.82) is 0 Å². The van der Waals surface area contributed by atoms with Crippen molar-refractivity contribution < 1.29 is 14.3 Å². The third-order valence-corrected chi connectivity index (χ3v) is 5.90. The first kappa shape index (κ1) is 25.2. The first-order valence-corrected chi connectivity index (χ1v) is 11.4. The lowest BCUT2D eigenvalue weighted by Gasteiger charge is -2.24. The molecule has 0 bridgehead atoms. The number of ether oxygens (including phenoxy) is 1.